The highest BCUT2D eigenvalue weighted by molar-refractivity contribution is 14.1. The van der Waals surface area contributed by atoms with E-state index in [1.165, 1.54) is 0 Å². The molecule has 5 nitrogen and oxygen atoms in total. The maximum Gasteiger partial charge on any atom is 0.339 e. The number of carbonyl (C=O) groups excluding carboxylic acids is 1. The Balaban J connectivity index is 1.59. The molecule has 3 rings (SSSR count). The van der Waals surface area contributed by atoms with E-state index < -0.39 is 0 Å². The van der Waals surface area contributed by atoms with Crippen molar-refractivity contribution in [3.05, 3.63) is 90.6 Å². The maximum atomic E-state index is 12.0. The summed E-state index contributed by atoms with van der Waals surface area (Å²) in [6, 6.07) is 21.2. The van der Waals surface area contributed by atoms with Gasteiger partial charge in [0.05, 0.1) is 13.4 Å². The lowest BCUT2D eigenvalue weighted by molar-refractivity contribution is 0.252. The minimum atomic E-state index is -0.386. The second kappa shape index (κ2) is 10.6. The van der Waals surface area contributed by atoms with Gasteiger partial charge >= 0.3 is 6.03 Å². The Bertz CT molecular complexity index is 1000. The smallest absolute Gasteiger partial charge is 0.339 e. The summed E-state index contributed by atoms with van der Waals surface area (Å²) in [5.41, 5.74) is 6.23. The minimum Gasteiger partial charge on any atom is -0.487 e. The first-order valence-electron chi connectivity index (χ1n) is 8.84. The fourth-order valence-electron chi connectivity index (χ4n) is 2.55. The number of aryl methyl sites for hydroxylation is 1. The SMILES string of the molecule is Cc1ccccc1NC(=O)NN=Cc1cc(I)c(OCc2ccccc2)c(I)c1. The van der Waals surface area contributed by atoms with E-state index in [1.807, 2.05) is 73.7 Å². The topological polar surface area (TPSA) is 62.7 Å². The van der Waals surface area contributed by atoms with E-state index in [0.29, 0.717) is 6.61 Å². The second-order valence-electron chi connectivity index (χ2n) is 6.23. The molecular weight excluding hydrogens is 592 g/mol. The van der Waals surface area contributed by atoms with Gasteiger partial charge in [0.2, 0.25) is 0 Å². The zero-order valence-electron chi connectivity index (χ0n) is 15.7. The first-order valence-corrected chi connectivity index (χ1v) is 11.0. The van der Waals surface area contributed by atoms with Gasteiger partial charge in [-0.15, -0.1) is 0 Å². The fourth-order valence-corrected chi connectivity index (χ4v) is 4.68. The Hall–Kier alpha value is -2.14. The Labute approximate surface area is 197 Å². The molecule has 148 valence electrons. The average Bonchev–Trinajstić information content (AvgIpc) is 2.70. The van der Waals surface area contributed by atoms with Gasteiger partial charge in [-0.25, -0.2) is 10.2 Å². The van der Waals surface area contributed by atoms with Crippen LogP contribution in [0.4, 0.5) is 10.5 Å². The highest BCUT2D eigenvalue weighted by Crippen LogP contribution is 2.29. The number of rotatable bonds is 6. The predicted octanol–water partition coefficient (Wildman–Crippen LogP) is 5.94. The molecule has 2 amide bonds. The van der Waals surface area contributed by atoms with Crippen molar-refractivity contribution in [1.82, 2.24) is 5.43 Å². The zero-order valence-corrected chi connectivity index (χ0v) is 20.0. The highest BCUT2D eigenvalue weighted by atomic mass is 127. The number of hydrogen-bond donors (Lipinski definition) is 2. The summed E-state index contributed by atoms with van der Waals surface area (Å²) in [4.78, 5) is 12.0. The first kappa shape index (κ1) is 21.6. The van der Waals surface area contributed by atoms with Crippen LogP contribution in [0.5, 0.6) is 5.75 Å². The number of hydrogen-bond acceptors (Lipinski definition) is 3. The molecule has 29 heavy (non-hydrogen) atoms. The van der Waals surface area contributed by atoms with Gasteiger partial charge in [0.15, 0.2) is 0 Å². The molecule has 0 unspecified atom stereocenters. The van der Waals surface area contributed by atoms with Crippen LogP contribution in [0.1, 0.15) is 16.7 Å². The summed E-state index contributed by atoms with van der Waals surface area (Å²) in [5, 5.41) is 6.81. The first-order chi connectivity index (χ1) is 14.0. The summed E-state index contributed by atoms with van der Waals surface area (Å²) in [6.45, 7) is 2.45. The third-order valence-electron chi connectivity index (χ3n) is 4.02. The number of anilines is 1. The van der Waals surface area contributed by atoms with Crippen LogP contribution in [-0.4, -0.2) is 12.2 Å². The molecule has 0 fully saturated rings. The second-order valence-corrected chi connectivity index (χ2v) is 8.55. The minimum absolute atomic E-state index is 0.386. The largest absolute Gasteiger partial charge is 0.487 e. The number of carbonyl (C=O) groups is 1. The Morgan fingerprint density at radius 1 is 1.03 bits per heavy atom. The number of amides is 2. The van der Waals surface area contributed by atoms with Gasteiger partial charge in [-0.1, -0.05) is 48.5 Å². The van der Waals surface area contributed by atoms with Gasteiger partial charge < -0.3 is 10.1 Å². The van der Waals surface area contributed by atoms with E-state index in [0.717, 1.165) is 35.3 Å². The van der Waals surface area contributed by atoms with Crippen molar-refractivity contribution in [2.24, 2.45) is 5.10 Å². The third kappa shape index (κ3) is 6.43. The number of ether oxygens (including phenoxy) is 1. The Morgan fingerprint density at radius 3 is 2.38 bits per heavy atom. The molecule has 0 heterocycles. The van der Waals surface area contributed by atoms with Crippen LogP contribution in [0.15, 0.2) is 71.8 Å². The summed E-state index contributed by atoms with van der Waals surface area (Å²) < 4.78 is 7.95. The van der Waals surface area contributed by atoms with Crippen LogP contribution in [0, 0.1) is 14.1 Å². The summed E-state index contributed by atoms with van der Waals surface area (Å²) >= 11 is 4.49. The molecule has 0 aliphatic heterocycles. The molecule has 3 aromatic carbocycles. The lowest BCUT2D eigenvalue weighted by Crippen LogP contribution is -2.24. The fraction of sp³-hybridized carbons (Fsp3) is 0.0909. The van der Waals surface area contributed by atoms with Crippen molar-refractivity contribution in [3.63, 3.8) is 0 Å². The van der Waals surface area contributed by atoms with Crippen molar-refractivity contribution in [2.75, 3.05) is 5.32 Å². The molecule has 0 saturated carbocycles. The van der Waals surface area contributed by atoms with Gasteiger partial charge in [0, 0.05) is 5.69 Å². The molecule has 0 radical (unpaired) electrons. The lowest BCUT2D eigenvalue weighted by Gasteiger charge is -2.11. The molecule has 0 saturated heterocycles. The zero-order chi connectivity index (χ0) is 20.6. The molecule has 3 aromatic rings. The molecule has 0 atom stereocenters. The van der Waals surface area contributed by atoms with Crippen LogP contribution in [0.25, 0.3) is 0 Å². The van der Waals surface area contributed by atoms with Crippen LogP contribution >= 0.6 is 45.2 Å². The highest BCUT2D eigenvalue weighted by Gasteiger charge is 2.09. The molecule has 0 aromatic heterocycles. The summed E-state index contributed by atoms with van der Waals surface area (Å²) in [7, 11) is 0. The van der Waals surface area contributed by atoms with E-state index in [4.69, 9.17) is 4.74 Å². The molecule has 0 aliphatic rings. The Morgan fingerprint density at radius 2 is 1.69 bits per heavy atom. The number of nitrogens with one attached hydrogen (secondary N) is 2. The quantitative estimate of drug-likeness (QED) is 0.206. The maximum absolute atomic E-state index is 12.0. The molecule has 7 heteroatoms. The number of urea groups is 1. The van der Waals surface area contributed by atoms with Gasteiger partial charge in [-0.2, -0.15) is 5.10 Å². The predicted molar refractivity (Wildman–Crippen MR) is 134 cm³/mol. The molecule has 0 aliphatic carbocycles. The molecular formula is C22H19I2N3O2. The van der Waals surface area contributed by atoms with E-state index >= 15 is 0 Å². The van der Waals surface area contributed by atoms with E-state index in [-0.39, 0.29) is 6.03 Å². The van der Waals surface area contributed by atoms with Crippen molar-refractivity contribution in [1.29, 1.82) is 0 Å². The molecule has 0 bridgehead atoms. The molecule has 2 N–H and O–H groups in total. The van der Waals surface area contributed by atoms with Gasteiger partial charge in [-0.05, 0) is 87.0 Å². The van der Waals surface area contributed by atoms with Crippen molar-refractivity contribution in [3.8, 4) is 5.75 Å². The number of halogens is 2. The number of benzene rings is 3. The Kier molecular flexibility index (Phi) is 7.87. The number of nitrogens with zero attached hydrogens (tertiary/aromatic N) is 1. The van der Waals surface area contributed by atoms with E-state index in [2.05, 4.69) is 61.0 Å². The van der Waals surface area contributed by atoms with Gasteiger partial charge in [-0.3, -0.25) is 0 Å². The van der Waals surface area contributed by atoms with Gasteiger partial charge in [0.25, 0.3) is 0 Å². The number of hydrazone groups is 1. The summed E-state index contributed by atoms with van der Waals surface area (Å²) in [6.07, 6.45) is 1.61. The van der Waals surface area contributed by atoms with Crippen LogP contribution < -0.4 is 15.5 Å². The standard InChI is InChI=1S/C22H19I2N3O2/c1-15-7-5-6-10-20(15)26-22(28)27-25-13-17-11-18(23)21(19(24)12-17)29-14-16-8-3-2-4-9-16/h2-13H,14H2,1H3,(H2,26,27,28). The van der Waals surface area contributed by atoms with Crippen molar-refractivity contribution < 1.29 is 9.53 Å². The van der Waals surface area contributed by atoms with Crippen LogP contribution in [0.3, 0.4) is 0 Å². The van der Waals surface area contributed by atoms with Crippen molar-refractivity contribution >= 4 is 63.1 Å². The van der Waals surface area contributed by atoms with E-state index in [9.17, 15) is 4.79 Å². The number of para-hydroxylation sites is 1. The average molecular weight is 611 g/mol. The van der Waals surface area contributed by atoms with E-state index in [1.54, 1.807) is 6.21 Å². The van der Waals surface area contributed by atoms with Crippen LogP contribution in [-0.2, 0) is 6.61 Å². The molecule has 0 spiro atoms. The third-order valence-corrected chi connectivity index (χ3v) is 5.62. The van der Waals surface area contributed by atoms with Crippen LogP contribution in [0.2, 0.25) is 0 Å². The normalized spacial score (nSPS) is 10.7. The van der Waals surface area contributed by atoms with Gasteiger partial charge in [0.1, 0.15) is 12.4 Å². The summed E-state index contributed by atoms with van der Waals surface area (Å²) in [5.74, 6) is 0.845. The monoisotopic (exact) mass is 611 g/mol. The lowest BCUT2D eigenvalue weighted by atomic mass is 10.2. The van der Waals surface area contributed by atoms with Crippen molar-refractivity contribution in [2.45, 2.75) is 13.5 Å².